The van der Waals surface area contributed by atoms with E-state index < -0.39 is 6.67 Å². The van der Waals surface area contributed by atoms with Gasteiger partial charge in [0.1, 0.15) is 12.4 Å². The summed E-state index contributed by atoms with van der Waals surface area (Å²) in [6.07, 6.45) is 0.649. The lowest BCUT2D eigenvalue weighted by Gasteiger charge is -2.20. The van der Waals surface area contributed by atoms with Crippen LogP contribution in [0.5, 0.6) is 5.75 Å². The zero-order valence-electron chi connectivity index (χ0n) is 13.1. The number of alkyl halides is 1. The molecule has 0 aliphatic rings. The van der Waals surface area contributed by atoms with Gasteiger partial charge in [0.05, 0.1) is 13.2 Å². The van der Waals surface area contributed by atoms with Crippen molar-refractivity contribution in [2.75, 3.05) is 20.3 Å². The number of hydrogen-bond donors (Lipinski definition) is 2. The Bertz CT molecular complexity index is 602. The smallest absolute Gasteiger partial charge is 0.315 e. The number of urea groups is 1. The number of carbonyl (C=O) groups excluding carboxylic acids is 1. The van der Waals surface area contributed by atoms with Gasteiger partial charge in [0.25, 0.3) is 0 Å². The topological polar surface area (TPSA) is 50.4 Å². The van der Waals surface area contributed by atoms with E-state index in [0.717, 1.165) is 16.9 Å². The van der Waals surface area contributed by atoms with Gasteiger partial charge in [0, 0.05) is 6.54 Å². The number of amides is 2. The first-order chi connectivity index (χ1) is 11.2. The SMILES string of the molecule is COc1ccc(C(Cc2ccccc2)NC(=O)NCCF)cc1. The van der Waals surface area contributed by atoms with Crippen LogP contribution in [0.25, 0.3) is 0 Å². The molecule has 2 N–H and O–H groups in total. The molecule has 5 heteroatoms. The monoisotopic (exact) mass is 316 g/mol. The van der Waals surface area contributed by atoms with E-state index in [1.807, 2.05) is 54.6 Å². The Morgan fingerprint density at radius 3 is 2.43 bits per heavy atom. The van der Waals surface area contributed by atoms with E-state index in [1.54, 1.807) is 7.11 Å². The highest BCUT2D eigenvalue weighted by molar-refractivity contribution is 5.74. The number of methoxy groups -OCH3 is 1. The quantitative estimate of drug-likeness (QED) is 0.824. The summed E-state index contributed by atoms with van der Waals surface area (Å²) < 4.78 is 17.3. The number of halogens is 1. The first-order valence-electron chi connectivity index (χ1n) is 7.51. The molecule has 2 amide bonds. The summed E-state index contributed by atoms with van der Waals surface area (Å²) in [4.78, 5) is 11.9. The van der Waals surface area contributed by atoms with Gasteiger partial charge in [-0.1, -0.05) is 42.5 Å². The molecule has 122 valence electrons. The lowest BCUT2D eigenvalue weighted by molar-refractivity contribution is 0.236. The van der Waals surface area contributed by atoms with E-state index in [-0.39, 0.29) is 18.6 Å². The van der Waals surface area contributed by atoms with Crippen molar-refractivity contribution < 1.29 is 13.9 Å². The summed E-state index contributed by atoms with van der Waals surface area (Å²) in [6, 6.07) is 16.9. The van der Waals surface area contributed by atoms with Crippen LogP contribution >= 0.6 is 0 Å². The number of ether oxygens (including phenoxy) is 1. The van der Waals surface area contributed by atoms with Gasteiger partial charge in [-0.25, -0.2) is 9.18 Å². The molecule has 4 nitrogen and oxygen atoms in total. The fourth-order valence-corrected chi connectivity index (χ4v) is 2.31. The molecule has 0 aromatic heterocycles. The molecule has 1 atom stereocenters. The maximum atomic E-state index is 12.2. The molecule has 0 aliphatic carbocycles. The Morgan fingerprint density at radius 2 is 1.83 bits per heavy atom. The van der Waals surface area contributed by atoms with Crippen molar-refractivity contribution in [3.05, 3.63) is 65.7 Å². The molecular formula is C18H21FN2O2. The van der Waals surface area contributed by atoms with Crippen molar-refractivity contribution in [2.24, 2.45) is 0 Å². The minimum absolute atomic E-state index is 0.00645. The van der Waals surface area contributed by atoms with Crippen molar-refractivity contribution in [1.29, 1.82) is 0 Å². The fourth-order valence-electron chi connectivity index (χ4n) is 2.31. The van der Waals surface area contributed by atoms with Crippen molar-refractivity contribution in [1.82, 2.24) is 10.6 Å². The van der Waals surface area contributed by atoms with Crippen LogP contribution in [0.4, 0.5) is 9.18 Å². The van der Waals surface area contributed by atoms with Crippen LogP contribution in [0.3, 0.4) is 0 Å². The van der Waals surface area contributed by atoms with Gasteiger partial charge in [-0.05, 0) is 29.7 Å². The first-order valence-corrected chi connectivity index (χ1v) is 7.51. The molecule has 0 saturated carbocycles. The first kappa shape index (κ1) is 16.8. The molecule has 2 aromatic rings. The van der Waals surface area contributed by atoms with E-state index in [4.69, 9.17) is 4.74 Å². The van der Waals surface area contributed by atoms with Crippen LogP contribution < -0.4 is 15.4 Å². The molecule has 23 heavy (non-hydrogen) atoms. The standard InChI is InChI=1S/C18H21FN2O2/c1-23-16-9-7-15(8-10-16)17(21-18(22)20-12-11-19)13-14-5-3-2-4-6-14/h2-10,17H,11-13H2,1H3,(H2,20,21,22). The lowest BCUT2D eigenvalue weighted by Crippen LogP contribution is -2.39. The van der Waals surface area contributed by atoms with Gasteiger partial charge >= 0.3 is 6.03 Å². The Hall–Kier alpha value is -2.56. The van der Waals surface area contributed by atoms with Crippen molar-refractivity contribution in [3.8, 4) is 5.75 Å². The Labute approximate surface area is 135 Å². The molecule has 2 rings (SSSR count). The minimum Gasteiger partial charge on any atom is -0.497 e. The van der Waals surface area contributed by atoms with Gasteiger partial charge in [-0.15, -0.1) is 0 Å². The predicted octanol–water partition coefficient (Wildman–Crippen LogP) is 3.25. The summed E-state index contributed by atoms with van der Waals surface area (Å²) in [6.45, 7) is -0.578. The zero-order chi connectivity index (χ0) is 16.5. The zero-order valence-corrected chi connectivity index (χ0v) is 13.1. The van der Waals surface area contributed by atoms with Crippen molar-refractivity contribution in [2.45, 2.75) is 12.5 Å². The highest BCUT2D eigenvalue weighted by atomic mass is 19.1. The molecule has 0 fully saturated rings. The second kappa shape index (κ2) is 8.78. The molecule has 0 bridgehead atoms. The van der Waals surface area contributed by atoms with E-state index in [2.05, 4.69) is 10.6 Å². The van der Waals surface area contributed by atoms with Crippen molar-refractivity contribution >= 4 is 6.03 Å². The third-order valence-electron chi connectivity index (χ3n) is 3.49. The summed E-state index contributed by atoms with van der Waals surface area (Å²) >= 11 is 0. The normalized spacial score (nSPS) is 11.6. The average Bonchev–Trinajstić information content (AvgIpc) is 2.60. The van der Waals surface area contributed by atoms with Gasteiger partial charge in [-0.2, -0.15) is 0 Å². The number of hydrogen-bond acceptors (Lipinski definition) is 2. The van der Waals surface area contributed by atoms with Gasteiger partial charge in [0.2, 0.25) is 0 Å². The van der Waals surface area contributed by atoms with E-state index in [0.29, 0.717) is 6.42 Å². The number of benzene rings is 2. The molecular weight excluding hydrogens is 295 g/mol. The predicted molar refractivity (Wildman–Crippen MR) is 88.4 cm³/mol. The third kappa shape index (κ3) is 5.29. The molecule has 0 radical (unpaired) electrons. The minimum atomic E-state index is -0.584. The van der Waals surface area contributed by atoms with Crippen LogP contribution in [0, 0.1) is 0 Å². The molecule has 0 aliphatic heterocycles. The summed E-state index contributed by atoms with van der Waals surface area (Å²) in [5, 5.41) is 5.39. The van der Waals surface area contributed by atoms with Crippen LogP contribution in [-0.4, -0.2) is 26.4 Å². The van der Waals surface area contributed by atoms with E-state index in [9.17, 15) is 9.18 Å². The highest BCUT2D eigenvalue weighted by Gasteiger charge is 2.15. The summed E-state index contributed by atoms with van der Waals surface area (Å²) in [7, 11) is 1.61. The summed E-state index contributed by atoms with van der Waals surface area (Å²) in [5.74, 6) is 0.758. The van der Waals surface area contributed by atoms with Crippen LogP contribution in [0.15, 0.2) is 54.6 Å². The van der Waals surface area contributed by atoms with Gasteiger partial charge < -0.3 is 15.4 Å². The Kier molecular flexibility index (Phi) is 6.41. The van der Waals surface area contributed by atoms with Crippen molar-refractivity contribution in [3.63, 3.8) is 0 Å². The largest absolute Gasteiger partial charge is 0.497 e. The maximum Gasteiger partial charge on any atom is 0.315 e. The highest BCUT2D eigenvalue weighted by Crippen LogP contribution is 2.21. The Morgan fingerprint density at radius 1 is 1.13 bits per heavy atom. The molecule has 0 heterocycles. The molecule has 0 saturated heterocycles. The molecule has 0 spiro atoms. The van der Waals surface area contributed by atoms with Crippen LogP contribution in [0.2, 0.25) is 0 Å². The average molecular weight is 316 g/mol. The maximum absolute atomic E-state index is 12.2. The summed E-state index contributed by atoms with van der Waals surface area (Å²) in [5.41, 5.74) is 2.07. The fraction of sp³-hybridized carbons (Fsp3) is 0.278. The third-order valence-corrected chi connectivity index (χ3v) is 3.49. The lowest BCUT2D eigenvalue weighted by atomic mass is 9.99. The van der Waals surface area contributed by atoms with E-state index >= 15 is 0 Å². The Balaban J connectivity index is 2.14. The number of nitrogens with one attached hydrogen (secondary N) is 2. The number of rotatable bonds is 7. The van der Waals surface area contributed by atoms with Gasteiger partial charge in [0.15, 0.2) is 0 Å². The number of carbonyl (C=O) groups is 1. The second-order valence-corrected chi connectivity index (χ2v) is 5.10. The second-order valence-electron chi connectivity index (χ2n) is 5.10. The molecule has 1 unspecified atom stereocenters. The van der Waals surface area contributed by atoms with E-state index in [1.165, 1.54) is 0 Å². The van der Waals surface area contributed by atoms with Gasteiger partial charge in [-0.3, -0.25) is 0 Å². The van der Waals surface area contributed by atoms with Crippen LogP contribution in [0.1, 0.15) is 17.2 Å². The molecule has 2 aromatic carbocycles. The van der Waals surface area contributed by atoms with Crippen LogP contribution in [-0.2, 0) is 6.42 Å².